The summed E-state index contributed by atoms with van der Waals surface area (Å²) in [5.74, 6) is -0.00121. The molecule has 2 N–H and O–H groups in total. The Balaban J connectivity index is 1.39. The molecule has 2 saturated heterocycles. The van der Waals surface area contributed by atoms with Crippen LogP contribution in [0.5, 0.6) is 0 Å². The molecule has 2 aromatic carbocycles. The van der Waals surface area contributed by atoms with Crippen molar-refractivity contribution in [2.75, 3.05) is 6.54 Å². The van der Waals surface area contributed by atoms with Crippen molar-refractivity contribution < 1.29 is 9.59 Å². The second kappa shape index (κ2) is 7.53. The molecule has 0 aromatic heterocycles. The Bertz CT molecular complexity index is 836. The zero-order valence-electron chi connectivity index (χ0n) is 15.5. The van der Waals surface area contributed by atoms with E-state index in [9.17, 15) is 9.59 Å². The molecule has 27 heavy (non-hydrogen) atoms. The maximum Gasteiger partial charge on any atom is 0.246 e. The Labute approximate surface area is 159 Å². The van der Waals surface area contributed by atoms with Gasteiger partial charge in [0.15, 0.2) is 0 Å². The van der Waals surface area contributed by atoms with Gasteiger partial charge in [-0.25, -0.2) is 0 Å². The number of hydrogen-bond donors (Lipinski definition) is 2. The molecule has 5 nitrogen and oxygen atoms in total. The molecule has 0 aliphatic carbocycles. The second-order valence-electron chi connectivity index (χ2n) is 7.56. The SMILES string of the molecule is Cc1cccc(CN[C@H]2C[C@H]3C(=O)N[C@@H](Cc4ccccc4)C(=O)N3C2)c1. The number of piperazine rings is 1. The van der Waals surface area contributed by atoms with Gasteiger partial charge in [0.25, 0.3) is 0 Å². The molecule has 3 atom stereocenters. The smallest absolute Gasteiger partial charge is 0.246 e. The van der Waals surface area contributed by atoms with Gasteiger partial charge >= 0.3 is 0 Å². The van der Waals surface area contributed by atoms with Gasteiger partial charge in [0.1, 0.15) is 12.1 Å². The van der Waals surface area contributed by atoms with Crippen LogP contribution in [-0.2, 0) is 22.6 Å². The molecule has 0 radical (unpaired) electrons. The fourth-order valence-corrected chi connectivity index (χ4v) is 4.08. The van der Waals surface area contributed by atoms with Gasteiger partial charge in [0, 0.05) is 25.6 Å². The van der Waals surface area contributed by atoms with E-state index in [0.717, 1.165) is 12.1 Å². The van der Waals surface area contributed by atoms with Gasteiger partial charge < -0.3 is 15.5 Å². The molecule has 2 aliphatic heterocycles. The molecule has 0 saturated carbocycles. The number of carbonyl (C=O) groups is 2. The molecule has 0 bridgehead atoms. The van der Waals surface area contributed by atoms with Crippen LogP contribution in [0.25, 0.3) is 0 Å². The van der Waals surface area contributed by atoms with E-state index in [1.165, 1.54) is 11.1 Å². The van der Waals surface area contributed by atoms with Crippen molar-refractivity contribution in [3.05, 3.63) is 71.3 Å². The predicted octanol–water partition coefficient (Wildman–Crippen LogP) is 1.80. The van der Waals surface area contributed by atoms with E-state index in [1.54, 1.807) is 4.90 Å². The Hall–Kier alpha value is -2.66. The number of aryl methyl sites for hydroxylation is 1. The normalized spacial score (nSPS) is 24.6. The van der Waals surface area contributed by atoms with Crippen LogP contribution in [0.2, 0.25) is 0 Å². The molecule has 5 heteroatoms. The Morgan fingerprint density at radius 2 is 1.85 bits per heavy atom. The summed E-state index contributed by atoms with van der Waals surface area (Å²) in [7, 11) is 0. The molecule has 2 aromatic rings. The molecular formula is C22H25N3O2. The van der Waals surface area contributed by atoms with Crippen LogP contribution in [0.4, 0.5) is 0 Å². The third kappa shape index (κ3) is 3.88. The number of amides is 2. The van der Waals surface area contributed by atoms with Gasteiger partial charge in [-0.3, -0.25) is 9.59 Å². The molecule has 2 amide bonds. The fraction of sp³-hybridized carbons (Fsp3) is 0.364. The number of hydrogen-bond acceptors (Lipinski definition) is 3. The molecule has 4 rings (SSSR count). The highest BCUT2D eigenvalue weighted by Crippen LogP contribution is 2.24. The van der Waals surface area contributed by atoms with Crippen LogP contribution in [0, 0.1) is 6.92 Å². The van der Waals surface area contributed by atoms with Crippen molar-refractivity contribution in [2.24, 2.45) is 0 Å². The van der Waals surface area contributed by atoms with Crippen molar-refractivity contribution in [1.29, 1.82) is 0 Å². The number of rotatable bonds is 5. The minimum absolute atomic E-state index is 0.0308. The van der Waals surface area contributed by atoms with Crippen molar-refractivity contribution in [1.82, 2.24) is 15.5 Å². The average molecular weight is 363 g/mol. The quantitative estimate of drug-likeness (QED) is 0.852. The van der Waals surface area contributed by atoms with Crippen molar-refractivity contribution in [2.45, 2.75) is 44.4 Å². The minimum Gasteiger partial charge on any atom is -0.342 e. The zero-order valence-corrected chi connectivity index (χ0v) is 15.5. The summed E-state index contributed by atoms with van der Waals surface area (Å²) in [5, 5.41) is 6.44. The fourth-order valence-electron chi connectivity index (χ4n) is 4.08. The molecule has 140 valence electrons. The Morgan fingerprint density at radius 3 is 2.63 bits per heavy atom. The first kappa shape index (κ1) is 17.7. The van der Waals surface area contributed by atoms with Crippen molar-refractivity contribution in [3.8, 4) is 0 Å². The predicted molar refractivity (Wildman–Crippen MR) is 104 cm³/mol. The standard InChI is InChI=1S/C22H25N3O2/c1-15-6-5-9-17(10-15)13-23-18-12-20-21(26)24-19(22(27)25(20)14-18)11-16-7-3-2-4-8-16/h2-10,18-20,23H,11-14H2,1H3,(H,24,26)/t18-,19-,20-/m0/s1. The molecule has 2 fully saturated rings. The first-order valence-corrected chi connectivity index (χ1v) is 9.54. The van der Waals surface area contributed by atoms with Gasteiger partial charge in [-0.15, -0.1) is 0 Å². The largest absolute Gasteiger partial charge is 0.342 e. The first-order valence-electron chi connectivity index (χ1n) is 9.54. The minimum atomic E-state index is -0.466. The Morgan fingerprint density at radius 1 is 1.07 bits per heavy atom. The lowest BCUT2D eigenvalue weighted by molar-refractivity contribution is -0.147. The lowest BCUT2D eigenvalue weighted by Gasteiger charge is -2.34. The van der Waals surface area contributed by atoms with Crippen LogP contribution < -0.4 is 10.6 Å². The summed E-state index contributed by atoms with van der Waals surface area (Å²) in [6.07, 6.45) is 1.21. The van der Waals surface area contributed by atoms with E-state index in [2.05, 4.69) is 41.8 Å². The highest BCUT2D eigenvalue weighted by Gasteiger charge is 2.46. The molecule has 0 spiro atoms. The summed E-state index contributed by atoms with van der Waals surface area (Å²) in [5.41, 5.74) is 3.51. The molecule has 2 aliphatic rings. The number of nitrogens with one attached hydrogen (secondary N) is 2. The highest BCUT2D eigenvalue weighted by molar-refractivity contribution is 5.97. The molecular weight excluding hydrogens is 338 g/mol. The van der Waals surface area contributed by atoms with E-state index < -0.39 is 6.04 Å². The van der Waals surface area contributed by atoms with Gasteiger partial charge in [0.05, 0.1) is 0 Å². The zero-order chi connectivity index (χ0) is 18.8. The number of fused-ring (bicyclic) bond motifs is 1. The van der Waals surface area contributed by atoms with E-state index in [4.69, 9.17) is 0 Å². The third-order valence-corrected chi connectivity index (χ3v) is 5.46. The summed E-state index contributed by atoms with van der Waals surface area (Å²) in [4.78, 5) is 27.2. The maximum absolute atomic E-state index is 12.9. The summed E-state index contributed by atoms with van der Waals surface area (Å²) >= 11 is 0. The van der Waals surface area contributed by atoms with Crippen LogP contribution in [0.15, 0.2) is 54.6 Å². The van der Waals surface area contributed by atoms with Gasteiger partial charge in [0.2, 0.25) is 11.8 Å². The topological polar surface area (TPSA) is 61.4 Å². The monoisotopic (exact) mass is 363 g/mol. The van der Waals surface area contributed by atoms with Crippen molar-refractivity contribution in [3.63, 3.8) is 0 Å². The van der Waals surface area contributed by atoms with E-state index in [1.807, 2.05) is 30.3 Å². The van der Waals surface area contributed by atoms with Gasteiger partial charge in [-0.1, -0.05) is 60.2 Å². The molecule has 2 heterocycles. The van der Waals surface area contributed by atoms with Gasteiger partial charge in [-0.2, -0.15) is 0 Å². The van der Waals surface area contributed by atoms with Crippen LogP contribution in [-0.4, -0.2) is 41.4 Å². The van der Waals surface area contributed by atoms with Gasteiger partial charge in [-0.05, 0) is 24.5 Å². The number of nitrogens with zero attached hydrogens (tertiary/aromatic N) is 1. The number of carbonyl (C=O) groups excluding carboxylic acids is 2. The lowest BCUT2D eigenvalue weighted by atomic mass is 10.0. The summed E-state index contributed by atoms with van der Waals surface area (Å²) < 4.78 is 0. The maximum atomic E-state index is 12.9. The average Bonchev–Trinajstić information content (AvgIpc) is 3.10. The van der Waals surface area contributed by atoms with E-state index in [0.29, 0.717) is 19.4 Å². The van der Waals surface area contributed by atoms with E-state index in [-0.39, 0.29) is 23.9 Å². The van der Waals surface area contributed by atoms with Crippen LogP contribution >= 0.6 is 0 Å². The van der Waals surface area contributed by atoms with Crippen LogP contribution in [0.3, 0.4) is 0 Å². The van der Waals surface area contributed by atoms with E-state index >= 15 is 0 Å². The van der Waals surface area contributed by atoms with Crippen LogP contribution in [0.1, 0.15) is 23.1 Å². The first-order chi connectivity index (χ1) is 13.1. The second-order valence-corrected chi connectivity index (χ2v) is 7.56. The summed E-state index contributed by atoms with van der Waals surface area (Å²) in [6.45, 7) is 3.42. The van der Waals surface area contributed by atoms with Crippen molar-refractivity contribution >= 4 is 11.8 Å². The third-order valence-electron chi connectivity index (χ3n) is 5.46. The summed E-state index contributed by atoms with van der Waals surface area (Å²) in [6, 6.07) is 17.5. The highest BCUT2D eigenvalue weighted by atomic mass is 16.2. The Kier molecular flexibility index (Phi) is 4.94. The lowest BCUT2D eigenvalue weighted by Crippen LogP contribution is -2.61. The number of benzene rings is 2. The molecule has 0 unspecified atom stereocenters.